The summed E-state index contributed by atoms with van der Waals surface area (Å²) >= 11 is 0. The van der Waals surface area contributed by atoms with Crippen molar-refractivity contribution in [3.05, 3.63) is 29.8 Å². The van der Waals surface area contributed by atoms with Crippen molar-refractivity contribution in [1.29, 1.82) is 0 Å². The van der Waals surface area contributed by atoms with Gasteiger partial charge in [-0.25, -0.2) is 0 Å². The number of aliphatic hydroxyl groups is 1. The van der Waals surface area contributed by atoms with Crippen molar-refractivity contribution in [2.45, 2.75) is 31.7 Å². The van der Waals surface area contributed by atoms with Gasteiger partial charge in [0.2, 0.25) is 0 Å². The summed E-state index contributed by atoms with van der Waals surface area (Å²) in [6.45, 7) is 2.53. The first-order valence-corrected chi connectivity index (χ1v) is 6.84. The van der Waals surface area contributed by atoms with Gasteiger partial charge in [-0.2, -0.15) is 0 Å². The monoisotopic (exact) mass is 249 g/mol. The zero-order chi connectivity index (χ0) is 12.8. The van der Waals surface area contributed by atoms with Crippen molar-refractivity contribution < 1.29 is 9.84 Å². The van der Waals surface area contributed by atoms with Crippen LogP contribution >= 0.6 is 0 Å². The molecule has 1 aromatic rings. The highest BCUT2D eigenvalue weighted by molar-refractivity contribution is 5.36. The Labute approximate surface area is 109 Å². The second-order valence-corrected chi connectivity index (χ2v) is 4.87. The van der Waals surface area contributed by atoms with Crippen LogP contribution in [0.3, 0.4) is 0 Å². The van der Waals surface area contributed by atoms with E-state index in [4.69, 9.17) is 9.84 Å². The average molecular weight is 249 g/mol. The maximum atomic E-state index is 8.87. The number of methoxy groups -OCH3 is 1. The number of unbranched alkanes of at least 4 members (excludes halogenated alkanes) is 1. The molecule has 1 atom stereocenters. The van der Waals surface area contributed by atoms with Crippen LogP contribution < -0.4 is 4.74 Å². The van der Waals surface area contributed by atoms with Crippen LogP contribution in [0.15, 0.2) is 24.3 Å². The van der Waals surface area contributed by atoms with Gasteiger partial charge in [-0.3, -0.25) is 4.90 Å². The van der Waals surface area contributed by atoms with Gasteiger partial charge < -0.3 is 9.84 Å². The van der Waals surface area contributed by atoms with E-state index in [1.54, 1.807) is 7.11 Å². The number of likely N-dealkylation sites (tertiary alicyclic amines) is 1. The molecule has 1 unspecified atom stereocenters. The van der Waals surface area contributed by atoms with Crippen molar-refractivity contribution >= 4 is 0 Å². The van der Waals surface area contributed by atoms with Crippen molar-refractivity contribution in [3.8, 4) is 5.75 Å². The number of ether oxygens (including phenoxy) is 1. The molecule has 0 amide bonds. The lowest BCUT2D eigenvalue weighted by Crippen LogP contribution is -2.24. The first-order valence-electron chi connectivity index (χ1n) is 6.84. The topological polar surface area (TPSA) is 32.7 Å². The summed E-state index contributed by atoms with van der Waals surface area (Å²) in [6.07, 6.45) is 4.43. The number of para-hydroxylation sites is 1. The van der Waals surface area contributed by atoms with E-state index < -0.39 is 0 Å². The molecule has 1 aromatic carbocycles. The third-order valence-corrected chi connectivity index (χ3v) is 3.72. The van der Waals surface area contributed by atoms with Crippen LogP contribution in [0.5, 0.6) is 5.75 Å². The molecule has 0 spiro atoms. The smallest absolute Gasteiger partial charge is 0.123 e. The summed E-state index contributed by atoms with van der Waals surface area (Å²) in [5, 5.41) is 8.87. The highest BCUT2D eigenvalue weighted by atomic mass is 16.5. The summed E-state index contributed by atoms with van der Waals surface area (Å²) in [7, 11) is 1.74. The van der Waals surface area contributed by atoms with Crippen LogP contribution in [0, 0.1) is 0 Å². The molecule has 1 aliphatic heterocycles. The SMILES string of the molecule is COc1ccccc1C1CCCN1CCCCO. The van der Waals surface area contributed by atoms with Gasteiger partial charge in [0.25, 0.3) is 0 Å². The van der Waals surface area contributed by atoms with E-state index in [0.717, 1.165) is 31.7 Å². The zero-order valence-electron chi connectivity index (χ0n) is 11.1. The summed E-state index contributed by atoms with van der Waals surface area (Å²) < 4.78 is 5.47. The fourth-order valence-corrected chi connectivity index (χ4v) is 2.81. The number of hydrogen-bond acceptors (Lipinski definition) is 3. The van der Waals surface area contributed by atoms with Crippen molar-refractivity contribution in [2.24, 2.45) is 0 Å². The number of aliphatic hydroxyl groups excluding tert-OH is 1. The fourth-order valence-electron chi connectivity index (χ4n) is 2.81. The molecule has 1 N–H and O–H groups in total. The van der Waals surface area contributed by atoms with Crippen molar-refractivity contribution in [2.75, 3.05) is 26.8 Å². The lowest BCUT2D eigenvalue weighted by atomic mass is 10.0. The van der Waals surface area contributed by atoms with Crippen LogP contribution in [0.4, 0.5) is 0 Å². The van der Waals surface area contributed by atoms with E-state index in [2.05, 4.69) is 17.0 Å². The second-order valence-electron chi connectivity index (χ2n) is 4.87. The molecule has 3 nitrogen and oxygen atoms in total. The predicted molar refractivity (Wildman–Crippen MR) is 72.9 cm³/mol. The molecule has 1 saturated heterocycles. The molecule has 0 radical (unpaired) electrons. The zero-order valence-corrected chi connectivity index (χ0v) is 11.1. The Morgan fingerprint density at radius 1 is 1.33 bits per heavy atom. The fraction of sp³-hybridized carbons (Fsp3) is 0.600. The first-order chi connectivity index (χ1) is 8.86. The van der Waals surface area contributed by atoms with Gasteiger partial charge in [0.05, 0.1) is 7.11 Å². The first kappa shape index (κ1) is 13.4. The van der Waals surface area contributed by atoms with Gasteiger partial charge in [0, 0.05) is 18.2 Å². The molecule has 3 heteroatoms. The van der Waals surface area contributed by atoms with E-state index in [1.807, 2.05) is 12.1 Å². The summed E-state index contributed by atoms with van der Waals surface area (Å²) in [5.74, 6) is 0.997. The standard InChI is InChI=1S/C15H23NO2/c1-18-15-9-3-2-7-13(15)14-8-6-11-16(14)10-4-5-12-17/h2-3,7,9,14,17H,4-6,8,10-12H2,1H3. The van der Waals surface area contributed by atoms with Crippen molar-refractivity contribution in [3.63, 3.8) is 0 Å². The number of benzene rings is 1. The van der Waals surface area contributed by atoms with Gasteiger partial charge in [-0.1, -0.05) is 18.2 Å². The minimum atomic E-state index is 0.299. The molecule has 1 heterocycles. The van der Waals surface area contributed by atoms with Crippen molar-refractivity contribution in [1.82, 2.24) is 4.90 Å². The lowest BCUT2D eigenvalue weighted by molar-refractivity contribution is 0.227. The molecule has 100 valence electrons. The Kier molecular flexibility index (Phi) is 5.02. The number of nitrogens with zero attached hydrogens (tertiary/aromatic N) is 1. The largest absolute Gasteiger partial charge is 0.496 e. The summed E-state index contributed by atoms with van der Waals surface area (Å²) in [4.78, 5) is 2.52. The normalized spacial score (nSPS) is 20.2. The maximum Gasteiger partial charge on any atom is 0.123 e. The van der Waals surface area contributed by atoms with Gasteiger partial charge in [0.15, 0.2) is 0 Å². The molecule has 1 aliphatic rings. The van der Waals surface area contributed by atoms with Gasteiger partial charge in [-0.15, -0.1) is 0 Å². The average Bonchev–Trinajstić information content (AvgIpc) is 2.87. The van der Waals surface area contributed by atoms with E-state index in [0.29, 0.717) is 12.6 Å². The quantitative estimate of drug-likeness (QED) is 0.787. The third kappa shape index (κ3) is 3.03. The molecule has 0 aliphatic carbocycles. The molecule has 18 heavy (non-hydrogen) atoms. The van der Waals surface area contributed by atoms with Crippen LogP contribution in [-0.2, 0) is 0 Å². The van der Waals surface area contributed by atoms with Crippen LogP contribution in [0.1, 0.15) is 37.3 Å². The van der Waals surface area contributed by atoms with Crippen LogP contribution in [-0.4, -0.2) is 36.8 Å². The van der Waals surface area contributed by atoms with E-state index in [-0.39, 0.29) is 0 Å². The Morgan fingerprint density at radius 3 is 2.94 bits per heavy atom. The molecular weight excluding hydrogens is 226 g/mol. The minimum Gasteiger partial charge on any atom is -0.496 e. The lowest BCUT2D eigenvalue weighted by Gasteiger charge is -2.26. The minimum absolute atomic E-state index is 0.299. The molecule has 0 bridgehead atoms. The van der Waals surface area contributed by atoms with E-state index in [1.165, 1.54) is 18.4 Å². The maximum absolute atomic E-state index is 8.87. The Hall–Kier alpha value is -1.06. The summed E-state index contributed by atoms with van der Waals surface area (Å²) in [5.41, 5.74) is 1.31. The summed E-state index contributed by atoms with van der Waals surface area (Å²) in [6, 6.07) is 8.81. The third-order valence-electron chi connectivity index (χ3n) is 3.72. The van der Waals surface area contributed by atoms with Gasteiger partial charge in [0.1, 0.15) is 5.75 Å². The highest BCUT2D eigenvalue weighted by Crippen LogP contribution is 2.36. The predicted octanol–water partition coefficient (Wildman–Crippen LogP) is 2.60. The van der Waals surface area contributed by atoms with Crippen LogP contribution in [0.25, 0.3) is 0 Å². The molecule has 0 saturated carbocycles. The second kappa shape index (κ2) is 6.76. The Morgan fingerprint density at radius 2 is 2.17 bits per heavy atom. The molecule has 1 fully saturated rings. The van der Waals surface area contributed by atoms with Gasteiger partial charge >= 0.3 is 0 Å². The highest BCUT2D eigenvalue weighted by Gasteiger charge is 2.27. The molecule has 2 rings (SSSR count). The Bertz CT molecular complexity index is 367. The Balaban J connectivity index is 2.05. The van der Waals surface area contributed by atoms with E-state index >= 15 is 0 Å². The van der Waals surface area contributed by atoms with Gasteiger partial charge in [-0.05, 0) is 44.8 Å². The van der Waals surface area contributed by atoms with E-state index in [9.17, 15) is 0 Å². The van der Waals surface area contributed by atoms with Crippen LogP contribution in [0.2, 0.25) is 0 Å². The number of rotatable bonds is 6. The molecular formula is C15H23NO2. The number of hydrogen-bond donors (Lipinski definition) is 1. The molecule has 0 aromatic heterocycles.